The zero-order valence-electron chi connectivity index (χ0n) is 22.0. The lowest BCUT2D eigenvalue weighted by Crippen LogP contribution is -2.13. The van der Waals surface area contributed by atoms with Gasteiger partial charge in [-0.2, -0.15) is 0 Å². The number of aromatic amines is 2. The second-order valence-electron chi connectivity index (χ2n) is 14.3. The molecule has 2 heterocycles. The highest BCUT2D eigenvalue weighted by molar-refractivity contribution is 5.71. The van der Waals surface area contributed by atoms with Gasteiger partial charge in [-0.1, -0.05) is 83.1 Å². The predicted octanol–water partition coefficient (Wildman–Crippen LogP) is 8.36. The van der Waals surface area contributed by atoms with Crippen LogP contribution < -0.4 is 0 Å². The van der Waals surface area contributed by atoms with Crippen LogP contribution in [0.2, 0.25) is 0 Å². The first kappa shape index (κ1) is 24.8. The number of rotatable bonds is 5. The fraction of sp³-hybridized carbons (Fsp3) is 0.714. The Morgan fingerprint density at radius 3 is 1.53 bits per heavy atom. The second-order valence-corrected chi connectivity index (χ2v) is 14.3. The molecule has 30 heavy (non-hydrogen) atoms. The summed E-state index contributed by atoms with van der Waals surface area (Å²) in [6, 6.07) is 2.45. The molecule has 0 aliphatic heterocycles. The van der Waals surface area contributed by atoms with E-state index in [1.54, 1.807) is 0 Å². The van der Waals surface area contributed by atoms with Crippen LogP contribution in [0, 0.1) is 21.7 Å². The maximum Gasteiger partial charge on any atom is 0.0509 e. The Kier molecular flexibility index (Phi) is 6.82. The standard InChI is InChI=1S/C28H48N2/c1-25(2,3)14-19-13-21(16-27(7,8)9)30-24(19)23-20(15-26(4,5)6)18-29-22(23)17-28(10,11)12/h13,18,29-30H,14-17H2,1-12H3. The van der Waals surface area contributed by atoms with Crippen molar-refractivity contribution < 1.29 is 0 Å². The quantitative estimate of drug-likeness (QED) is 0.494. The summed E-state index contributed by atoms with van der Waals surface area (Å²) in [5.74, 6) is 0. The SMILES string of the molecule is CC(C)(C)Cc1cc(CC(C)(C)C)c(-c2c(CC(C)(C)C)c[nH]c2CC(C)(C)C)[nH]1. The molecule has 0 saturated heterocycles. The van der Waals surface area contributed by atoms with E-state index in [9.17, 15) is 0 Å². The van der Waals surface area contributed by atoms with E-state index >= 15 is 0 Å². The molecule has 2 rings (SSSR count). The van der Waals surface area contributed by atoms with Crippen LogP contribution in [-0.2, 0) is 25.7 Å². The molecule has 0 atom stereocenters. The first-order valence-corrected chi connectivity index (χ1v) is 11.7. The molecule has 2 aromatic rings. The molecule has 0 bridgehead atoms. The van der Waals surface area contributed by atoms with Gasteiger partial charge in [0.25, 0.3) is 0 Å². The van der Waals surface area contributed by atoms with Crippen LogP contribution in [0.5, 0.6) is 0 Å². The fourth-order valence-electron chi connectivity index (χ4n) is 4.36. The average Bonchev–Trinajstić information content (AvgIpc) is 2.95. The van der Waals surface area contributed by atoms with Gasteiger partial charge in [0.05, 0.1) is 5.69 Å². The highest BCUT2D eigenvalue weighted by Gasteiger charge is 2.27. The molecule has 0 aromatic carbocycles. The summed E-state index contributed by atoms with van der Waals surface area (Å²) in [6.07, 6.45) is 6.54. The van der Waals surface area contributed by atoms with E-state index < -0.39 is 0 Å². The molecule has 0 spiro atoms. The van der Waals surface area contributed by atoms with Gasteiger partial charge >= 0.3 is 0 Å². The summed E-state index contributed by atoms with van der Waals surface area (Å²) in [7, 11) is 0. The average molecular weight is 413 g/mol. The van der Waals surface area contributed by atoms with Crippen LogP contribution in [-0.4, -0.2) is 9.97 Å². The summed E-state index contributed by atoms with van der Waals surface area (Å²) < 4.78 is 0. The summed E-state index contributed by atoms with van der Waals surface area (Å²) in [6.45, 7) is 28.0. The van der Waals surface area contributed by atoms with Crippen LogP contribution in [0.4, 0.5) is 0 Å². The van der Waals surface area contributed by atoms with Crippen molar-refractivity contribution in [2.45, 2.75) is 109 Å². The maximum atomic E-state index is 3.90. The van der Waals surface area contributed by atoms with E-state index in [1.807, 2.05) is 0 Å². The molecule has 0 fully saturated rings. The first-order valence-electron chi connectivity index (χ1n) is 11.7. The Bertz CT molecular complexity index is 800. The number of nitrogens with one attached hydrogen (secondary N) is 2. The largest absolute Gasteiger partial charge is 0.364 e. The van der Waals surface area contributed by atoms with Crippen LogP contribution >= 0.6 is 0 Å². The van der Waals surface area contributed by atoms with E-state index in [0.717, 1.165) is 25.7 Å². The van der Waals surface area contributed by atoms with Crippen LogP contribution in [0.1, 0.15) is 106 Å². The Morgan fingerprint density at radius 1 is 0.600 bits per heavy atom. The fourth-order valence-corrected chi connectivity index (χ4v) is 4.36. The van der Waals surface area contributed by atoms with Crippen molar-refractivity contribution in [3.63, 3.8) is 0 Å². The van der Waals surface area contributed by atoms with E-state index in [2.05, 4.69) is 105 Å². The normalized spacial score (nSPS) is 13.9. The van der Waals surface area contributed by atoms with E-state index in [4.69, 9.17) is 0 Å². The molecule has 170 valence electrons. The summed E-state index contributed by atoms with van der Waals surface area (Å²) in [4.78, 5) is 7.58. The minimum Gasteiger partial charge on any atom is -0.364 e. The lowest BCUT2D eigenvalue weighted by Gasteiger charge is -2.23. The van der Waals surface area contributed by atoms with Crippen molar-refractivity contribution in [2.75, 3.05) is 0 Å². The van der Waals surface area contributed by atoms with Crippen molar-refractivity contribution >= 4 is 0 Å². The Labute approximate surface area is 186 Å². The molecular weight excluding hydrogens is 364 g/mol. The molecule has 2 aromatic heterocycles. The van der Waals surface area contributed by atoms with Gasteiger partial charge in [-0.3, -0.25) is 0 Å². The van der Waals surface area contributed by atoms with Gasteiger partial charge in [0, 0.05) is 23.1 Å². The molecule has 2 N–H and O–H groups in total. The van der Waals surface area contributed by atoms with E-state index in [-0.39, 0.29) is 21.7 Å². The zero-order valence-corrected chi connectivity index (χ0v) is 22.0. The van der Waals surface area contributed by atoms with E-state index in [0.29, 0.717) is 0 Å². The van der Waals surface area contributed by atoms with Crippen LogP contribution in [0.15, 0.2) is 12.3 Å². The highest BCUT2D eigenvalue weighted by atomic mass is 14.8. The third-order valence-corrected chi connectivity index (χ3v) is 5.12. The third-order valence-electron chi connectivity index (χ3n) is 5.12. The molecule has 0 unspecified atom stereocenters. The summed E-state index contributed by atoms with van der Waals surface area (Å²) in [5, 5.41) is 0. The van der Waals surface area contributed by atoms with Gasteiger partial charge < -0.3 is 9.97 Å². The Hall–Kier alpha value is -1.44. The molecule has 0 aliphatic carbocycles. The highest BCUT2D eigenvalue weighted by Crippen LogP contribution is 2.39. The Morgan fingerprint density at radius 2 is 1.07 bits per heavy atom. The predicted molar refractivity (Wildman–Crippen MR) is 133 cm³/mol. The second kappa shape index (κ2) is 8.24. The molecule has 0 saturated carbocycles. The number of aromatic nitrogens is 2. The molecule has 0 amide bonds. The van der Waals surface area contributed by atoms with Gasteiger partial charge in [-0.15, -0.1) is 0 Å². The molecule has 2 nitrogen and oxygen atoms in total. The van der Waals surface area contributed by atoms with Crippen molar-refractivity contribution in [1.82, 2.24) is 9.97 Å². The van der Waals surface area contributed by atoms with E-state index in [1.165, 1.54) is 33.8 Å². The molecule has 0 aliphatic rings. The van der Waals surface area contributed by atoms with Crippen molar-refractivity contribution in [1.29, 1.82) is 0 Å². The van der Waals surface area contributed by atoms with Gasteiger partial charge in [0.2, 0.25) is 0 Å². The topological polar surface area (TPSA) is 31.6 Å². The lowest BCUT2D eigenvalue weighted by molar-refractivity contribution is 0.405. The molecule has 0 radical (unpaired) electrons. The van der Waals surface area contributed by atoms with Crippen LogP contribution in [0.25, 0.3) is 11.3 Å². The monoisotopic (exact) mass is 412 g/mol. The maximum absolute atomic E-state index is 3.90. The van der Waals surface area contributed by atoms with Crippen molar-refractivity contribution in [3.8, 4) is 11.3 Å². The lowest BCUT2D eigenvalue weighted by atomic mass is 9.82. The van der Waals surface area contributed by atoms with Crippen LogP contribution in [0.3, 0.4) is 0 Å². The third kappa shape index (κ3) is 7.67. The zero-order chi connectivity index (χ0) is 23.1. The minimum atomic E-state index is 0.240. The number of hydrogen-bond acceptors (Lipinski definition) is 0. The number of H-pyrrole nitrogens is 2. The molecular formula is C28H48N2. The Balaban J connectivity index is 2.67. The van der Waals surface area contributed by atoms with Gasteiger partial charge in [0.1, 0.15) is 0 Å². The smallest absolute Gasteiger partial charge is 0.0509 e. The molecule has 2 heteroatoms. The first-order chi connectivity index (χ1) is 13.3. The minimum absolute atomic E-state index is 0.240. The summed E-state index contributed by atoms with van der Waals surface area (Å²) in [5.41, 5.74) is 9.44. The van der Waals surface area contributed by atoms with Gasteiger partial charge in [-0.05, 0) is 64.5 Å². The van der Waals surface area contributed by atoms with Crippen molar-refractivity contribution in [2.24, 2.45) is 21.7 Å². The van der Waals surface area contributed by atoms with Gasteiger partial charge in [-0.25, -0.2) is 0 Å². The van der Waals surface area contributed by atoms with Crippen molar-refractivity contribution in [3.05, 3.63) is 34.8 Å². The summed E-state index contributed by atoms with van der Waals surface area (Å²) >= 11 is 0. The van der Waals surface area contributed by atoms with Gasteiger partial charge in [0.15, 0.2) is 0 Å². The number of hydrogen-bond donors (Lipinski definition) is 2.